The first-order valence-corrected chi connectivity index (χ1v) is 13.1. The molecular weight excluding hydrogens is 398 g/mol. The summed E-state index contributed by atoms with van der Waals surface area (Å²) in [6.07, 6.45) is 11.1. The van der Waals surface area contributed by atoms with E-state index >= 15 is 0 Å². The number of rotatable bonds is 8. The van der Waals surface area contributed by atoms with Crippen molar-refractivity contribution in [1.29, 1.82) is 0 Å². The van der Waals surface area contributed by atoms with Gasteiger partial charge in [0.15, 0.2) is 0 Å². The number of aryl methyl sites for hydroxylation is 2. The fourth-order valence-electron chi connectivity index (χ4n) is 3.01. The molecule has 0 saturated carbocycles. The Labute approximate surface area is 207 Å². The smallest absolute Gasteiger partial charge is 0.0413 e. The zero-order valence-corrected chi connectivity index (χ0v) is 23.5. The zero-order valence-electron chi connectivity index (χ0n) is 23.5. The van der Waals surface area contributed by atoms with Gasteiger partial charge < -0.3 is 5.32 Å². The van der Waals surface area contributed by atoms with Gasteiger partial charge in [-0.25, -0.2) is 0 Å². The molecule has 1 unspecified atom stereocenters. The number of hydrogen-bond donors (Lipinski definition) is 1. The monoisotopic (exact) mass is 451 g/mol. The van der Waals surface area contributed by atoms with Gasteiger partial charge >= 0.3 is 0 Å². The first kappa shape index (κ1) is 32.9. The zero-order chi connectivity index (χ0) is 25.6. The highest BCUT2D eigenvalue weighted by Crippen LogP contribution is 2.21. The molecule has 0 fully saturated rings. The molecule has 2 aromatic carbocycles. The van der Waals surface area contributed by atoms with Crippen LogP contribution in [0, 0.1) is 19.8 Å². The summed E-state index contributed by atoms with van der Waals surface area (Å²) in [5.74, 6) is 0.699. The minimum absolute atomic E-state index is 0.699. The second kappa shape index (κ2) is 21.6. The molecular formula is C32H53N. The molecule has 0 bridgehead atoms. The highest BCUT2D eigenvalue weighted by atomic mass is 14.9. The molecule has 0 heterocycles. The van der Waals surface area contributed by atoms with Gasteiger partial charge in [-0.15, -0.1) is 6.58 Å². The van der Waals surface area contributed by atoms with Gasteiger partial charge in [0.2, 0.25) is 0 Å². The van der Waals surface area contributed by atoms with E-state index in [1.807, 2.05) is 19.9 Å². The Kier molecular flexibility index (Phi) is 21.5. The normalized spacial score (nSPS) is 10.6. The second-order valence-electron chi connectivity index (χ2n) is 8.05. The van der Waals surface area contributed by atoms with E-state index in [9.17, 15) is 0 Å². The Morgan fingerprint density at radius 2 is 1.55 bits per heavy atom. The molecule has 1 N–H and O–H groups in total. The Morgan fingerprint density at radius 3 is 2.03 bits per heavy atom. The lowest BCUT2D eigenvalue weighted by atomic mass is 9.93. The predicted octanol–water partition coefficient (Wildman–Crippen LogP) is 10.2. The standard InChI is InChI=1S/C21H27N.C6H12.C3H8.C2H6/c1-5-18-15-14-16(3)17(4)20(18)12-9-11-19-10-7-8-13-21(19)22-6-2;1-4-6(3)5-2;1-3-2;1-2/h7-11,13-15,22H,5-6,12H2,1-4H3;4,6H,1,5H2,2-3H3;3H2,1-2H3;1-2H3/b11-9-;;;. The molecule has 0 radical (unpaired) electrons. The van der Waals surface area contributed by atoms with Crippen LogP contribution in [-0.2, 0) is 12.8 Å². The van der Waals surface area contributed by atoms with Gasteiger partial charge in [0.05, 0.1) is 0 Å². The van der Waals surface area contributed by atoms with Gasteiger partial charge in [0, 0.05) is 12.2 Å². The van der Waals surface area contributed by atoms with Crippen molar-refractivity contribution >= 4 is 11.8 Å². The van der Waals surface area contributed by atoms with E-state index < -0.39 is 0 Å². The number of anilines is 1. The molecule has 33 heavy (non-hydrogen) atoms. The summed E-state index contributed by atoms with van der Waals surface area (Å²) in [6.45, 7) is 25.9. The van der Waals surface area contributed by atoms with Crippen molar-refractivity contribution in [2.45, 2.75) is 94.9 Å². The van der Waals surface area contributed by atoms with Crippen LogP contribution in [0.2, 0.25) is 0 Å². The Morgan fingerprint density at radius 1 is 0.939 bits per heavy atom. The molecule has 0 amide bonds. The molecule has 0 saturated heterocycles. The van der Waals surface area contributed by atoms with Crippen molar-refractivity contribution in [2.75, 3.05) is 11.9 Å². The highest BCUT2D eigenvalue weighted by molar-refractivity contribution is 5.66. The molecule has 0 aromatic heterocycles. The van der Waals surface area contributed by atoms with Crippen molar-refractivity contribution in [2.24, 2.45) is 5.92 Å². The highest BCUT2D eigenvalue weighted by Gasteiger charge is 2.05. The van der Waals surface area contributed by atoms with Crippen LogP contribution in [-0.4, -0.2) is 6.54 Å². The topological polar surface area (TPSA) is 12.0 Å². The Bertz CT molecular complexity index is 770. The lowest BCUT2D eigenvalue weighted by Crippen LogP contribution is -1.99. The van der Waals surface area contributed by atoms with E-state index in [0.717, 1.165) is 19.4 Å². The lowest BCUT2D eigenvalue weighted by molar-refractivity contribution is 0.700. The van der Waals surface area contributed by atoms with Crippen molar-refractivity contribution < 1.29 is 0 Å². The van der Waals surface area contributed by atoms with Gasteiger partial charge in [-0.05, 0) is 73.4 Å². The molecule has 1 atom stereocenters. The van der Waals surface area contributed by atoms with E-state index in [2.05, 4.69) is 116 Å². The minimum atomic E-state index is 0.699. The third-order valence-corrected chi connectivity index (χ3v) is 5.34. The Balaban J connectivity index is 0. The van der Waals surface area contributed by atoms with Crippen LogP contribution in [0.25, 0.3) is 6.08 Å². The first-order valence-electron chi connectivity index (χ1n) is 13.1. The maximum absolute atomic E-state index is 3.63. The van der Waals surface area contributed by atoms with Crippen LogP contribution >= 0.6 is 0 Å². The van der Waals surface area contributed by atoms with Crippen LogP contribution < -0.4 is 5.32 Å². The molecule has 0 aliphatic heterocycles. The molecule has 186 valence electrons. The van der Waals surface area contributed by atoms with E-state index in [0.29, 0.717) is 5.92 Å². The van der Waals surface area contributed by atoms with Crippen LogP contribution in [0.1, 0.15) is 96.0 Å². The van der Waals surface area contributed by atoms with Crippen LogP contribution in [0.4, 0.5) is 5.69 Å². The third kappa shape index (κ3) is 13.8. The number of nitrogens with one attached hydrogen (secondary N) is 1. The average molecular weight is 452 g/mol. The first-order chi connectivity index (χ1) is 15.9. The third-order valence-electron chi connectivity index (χ3n) is 5.34. The summed E-state index contributed by atoms with van der Waals surface area (Å²) >= 11 is 0. The fourth-order valence-corrected chi connectivity index (χ4v) is 3.01. The summed E-state index contributed by atoms with van der Waals surface area (Å²) in [7, 11) is 0. The molecule has 0 aliphatic carbocycles. The van der Waals surface area contributed by atoms with Gasteiger partial charge in [0.25, 0.3) is 0 Å². The van der Waals surface area contributed by atoms with Gasteiger partial charge in [-0.1, -0.05) is 110 Å². The van der Waals surface area contributed by atoms with E-state index in [4.69, 9.17) is 0 Å². The quantitative estimate of drug-likeness (QED) is 0.393. The van der Waals surface area contributed by atoms with Crippen molar-refractivity contribution in [3.63, 3.8) is 0 Å². The van der Waals surface area contributed by atoms with Gasteiger partial charge in [-0.3, -0.25) is 0 Å². The molecule has 1 heteroatoms. The molecule has 2 aromatic rings. The maximum atomic E-state index is 3.63. The Hall–Kier alpha value is -2.28. The van der Waals surface area contributed by atoms with Crippen LogP contribution in [0.3, 0.4) is 0 Å². The van der Waals surface area contributed by atoms with Crippen LogP contribution in [0.15, 0.2) is 55.1 Å². The predicted molar refractivity (Wildman–Crippen MR) is 156 cm³/mol. The molecule has 0 aliphatic rings. The van der Waals surface area contributed by atoms with Crippen molar-refractivity contribution in [1.82, 2.24) is 0 Å². The minimum Gasteiger partial charge on any atom is -0.385 e. The van der Waals surface area contributed by atoms with Crippen molar-refractivity contribution in [3.8, 4) is 0 Å². The summed E-state index contributed by atoms with van der Waals surface area (Å²) < 4.78 is 0. The van der Waals surface area contributed by atoms with E-state index in [1.165, 1.54) is 46.3 Å². The average Bonchev–Trinajstić information content (AvgIpc) is 2.84. The fraction of sp³-hybridized carbons (Fsp3) is 0.500. The largest absolute Gasteiger partial charge is 0.385 e. The summed E-state index contributed by atoms with van der Waals surface area (Å²) in [4.78, 5) is 0. The van der Waals surface area contributed by atoms with Crippen LogP contribution in [0.5, 0.6) is 0 Å². The molecule has 2 rings (SSSR count). The molecule has 0 spiro atoms. The SMILES string of the molecule is C=CC(C)CC.CC.CCC.CCNc1ccccc1/C=C\Cc1c(CC)ccc(C)c1C. The number of allylic oxidation sites excluding steroid dienone is 2. The number of benzene rings is 2. The van der Waals surface area contributed by atoms with Crippen molar-refractivity contribution in [3.05, 3.63) is 82.9 Å². The van der Waals surface area contributed by atoms with E-state index in [1.54, 1.807) is 0 Å². The summed E-state index contributed by atoms with van der Waals surface area (Å²) in [5, 5.41) is 3.42. The molecule has 1 nitrogen and oxygen atoms in total. The number of para-hydroxylation sites is 1. The maximum Gasteiger partial charge on any atom is 0.0413 e. The van der Waals surface area contributed by atoms with E-state index in [-0.39, 0.29) is 0 Å². The van der Waals surface area contributed by atoms with Gasteiger partial charge in [-0.2, -0.15) is 0 Å². The summed E-state index contributed by atoms with van der Waals surface area (Å²) in [6, 6.07) is 13.0. The number of hydrogen-bond acceptors (Lipinski definition) is 1. The van der Waals surface area contributed by atoms with Gasteiger partial charge in [0.1, 0.15) is 0 Å². The lowest BCUT2D eigenvalue weighted by Gasteiger charge is -2.12. The summed E-state index contributed by atoms with van der Waals surface area (Å²) in [5.41, 5.74) is 8.23. The second-order valence-corrected chi connectivity index (χ2v) is 8.05.